The van der Waals surface area contributed by atoms with Crippen LogP contribution in [-0.4, -0.2) is 60.7 Å². The minimum absolute atomic E-state index is 0.132. The van der Waals surface area contributed by atoms with E-state index in [4.69, 9.17) is 10.8 Å². The van der Waals surface area contributed by atoms with Crippen LogP contribution in [0.25, 0.3) is 11.0 Å². The number of carbonyl (C=O) groups is 3. The maximum absolute atomic E-state index is 12.5. The molecule has 33 heavy (non-hydrogen) atoms. The van der Waals surface area contributed by atoms with Crippen molar-refractivity contribution in [3.63, 3.8) is 0 Å². The van der Waals surface area contributed by atoms with Crippen LogP contribution in [0.1, 0.15) is 52.5 Å². The number of aromatic hydroxyl groups is 1. The fourth-order valence-corrected chi connectivity index (χ4v) is 3.72. The van der Waals surface area contributed by atoms with Gasteiger partial charge in [0, 0.05) is 24.1 Å². The lowest BCUT2D eigenvalue weighted by molar-refractivity contribution is -0.140. The van der Waals surface area contributed by atoms with Gasteiger partial charge in [0.2, 0.25) is 5.88 Å². The summed E-state index contributed by atoms with van der Waals surface area (Å²) in [5.41, 5.74) is 8.16. The minimum atomic E-state index is -1.31. The Kier molecular flexibility index (Phi) is 7.23. The summed E-state index contributed by atoms with van der Waals surface area (Å²) in [6.07, 6.45) is 1.71. The van der Waals surface area contributed by atoms with Crippen molar-refractivity contribution in [1.82, 2.24) is 20.3 Å². The molecular formula is C22H25N5O6. The zero-order valence-electron chi connectivity index (χ0n) is 17.9. The monoisotopic (exact) mass is 455 g/mol. The van der Waals surface area contributed by atoms with Gasteiger partial charge in [0.25, 0.3) is 5.91 Å². The van der Waals surface area contributed by atoms with Crippen molar-refractivity contribution < 1.29 is 29.7 Å². The van der Waals surface area contributed by atoms with Crippen LogP contribution in [0.5, 0.6) is 5.88 Å². The Morgan fingerprint density at radius 3 is 2.42 bits per heavy atom. The molecule has 3 aromatic rings. The number of fused-ring (bicyclic) bond motifs is 1. The van der Waals surface area contributed by atoms with Gasteiger partial charge in [0.1, 0.15) is 17.5 Å². The van der Waals surface area contributed by atoms with E-state index in [-0.39, 0.29) is 30.2 Å². The third kappa shape index (κ3) is 5.44. The van der Waals surface area contributed by atoms with Crippen molar-refractivity contribution in [2.45, 2.75) is 38.1 Å². The molecule has 11 heteroatoms. The zero-order valence-corrected chi connectivity index (χ0v) is 17.9. The van der Waals surface area contributed by atoms with Crippen molar-refractivity contribution in [1.29, 1.82) is 0 Å². The average Bonchev–Trinajstić information content (AvgIpc) is 3.18. The van der Waals surface area contributed by atoms with E-state index in [1.807, 2.05) is 0 Å². The number of nitrogens with one attached hydrogen (secondary N) is 2. The third-order valence-corrected chi connectivity index (χ3v) is 5.31. The van der Waals surface area contributed by atoms with E-state index in [0.717, 1.165) is 11.1 Å². The predicted molar refractivity (Wildman–Crippen MR) is 118 cm³/mol. The number of carboxylic acids is 2. The first-order valence-electron chi connectivity index (χ1n) is 10.3. The van der Waals surface area contributed by atoms with Gasteiger partial charge in [-0.3, -0.25) is 9.59 Å². The Hall–Kier alpha value is -3.99. The molecule has 1 aromatic carbocycles. The van der Waals surface area contributed by atoms with E-state index in [0.29, 0.717) is 29.8 Å². The molecule has 3 rings (SSSR count). The second-order valence-corrected chi connectivity index (χ2v) is 7.61. The molecule has 2 heterocycles. The van der Waals surface area contributed by atoms with Crippen molar-refractivity contribution >= 4 is 28.9 Å². The summed E-state index contributed by atoms with van der Waals surface area (Å²) in [5.74, 6) is -2.98. The fourth-order valence-electron chi connectivity index (χ4n) is 3.72. The van der Waals surface area contributed by atoms with Crippen LogP contribution in [0.3, 0.4) is 0 Å². The highest BCUT2D eigenvalue weighted by atomic mass is 16.4. The Morgan fingerprint density at radius 1 is 1.12 bits per heavy atom. The average molecular weight is 455 g/mol. The summed E-state index contributed by atoms with van der Waals surface area (Å²) in [6, 6.07) is 5.26. The van der Waals surface area contributed by atoms with Crippen molar-refractivity contribution in [2.75, 3.05) is 6.54 Å². The molecule has 0 aliphatic rings. The van der Waals surface area contributed by atoms with Crippen LogP contribution in [0, 0.1) is 6.92 Å². The second kappa shape index (κ2) is 10.1. The molecule has 11 nitrogen and oxygen atoms in total. The summed E-state index contributed by atoms with van der Waals surface area (Å²) < 4.78 is 0. The number of aromatic amines is 1. The lowest BCUT2D eigenvalue weighted by Crippen LogP contribution is -2.41. The largest absolute Gasteiger partial charge is 0.493 e. The highest BCUT2D eigenvalue weighted by molar-refractivity contribution is 5.96. The van der Waals surface area contributed by atoms with E-state index in [1.165, 1.54) is 0 Å². The number of carbonyl (C=O) groups excluding carboxylic acids is 1. The standard InChI is InChI=1S/C22H25N5O6/c1-11-25-19-18(21(31)26-11)15(10-24-19)14(8-9-23)12-2-4-13(5-3-12)20(30)27-16(22(32)33)6-7-17(28)29/h2-5,10,14,16H,6-9,23H2,1H3,(H,27,30)(H,28,29)(H,32,33)(H2,24,25,26,31)/t14?,16-/m0/s1. The quantitative estimate of drug-likeness (QED) is 0.263. The minimum Gasteiger partial charge on any atom is -0.493 e. The van der Waals surface area contributed by atoms with Gasteiger partial charge in [-0.05, 0) is 49.6 Å². The summed E-state index contributed by atoms with van der Waals surface area (Å²) in [6.45, 7) is 2.05. The normalized spacial score (nSPS) is 12.9. The van der Waals surface area contributed by atoms with Crippen LogP contribution < -0.4 is 11.1 Å². The number of nitrogens with two attached hydrogens (primary N) is 1. The Balaban J connectivity index is 1.84. The Morgan fingerprint density at radius 2 is 1.82 bits per heavy atom. The molecule has 174 valence electrons. The molecule has 0 bridgehead atoms. The number of nitrogens with zero attached hydrogens (tertiary/aromatic N) is 2. The number of aromatic nitrogens is 3. The number of carboxylic acid groups (broad SMARTS) is 2. The van der Waals surface area contributed by atoms with Crippen LogP contribution in [0.15, 0.2) is 30.5 Å². The van der Waals surface area contributed by atoms with Gasteiger partial charge in [0.05, 0.1) is 5.39 Å². The molecule has 0 radical (unpaired) electrons. The summed E-state index contributed by atoms with van der Waals surface area (Å²) in [5, 5.41) is 31.2. The van der Waals surface area contributed by atoms with Gasteiger partial charge in [-0.25, -0.2) is 9.78 Å². The van der Waals surface area contributed by atoms with Crippen molar-refractivity contribution in [3.8, 4) is 5.88 Å². The third-order valence-electron chi connectivity index (χ3n) is 5.31. The number of aliphatic carboxylic acids is 2. The van der Waals surface area contributed by atoms with Crippen LogP contribution in [0.4, 0.5) is 0 Å². The SMILES string of the molecule is Cc1nc(O)c2c(C(CCN)c3ccc(C(=O)N[C@@H](CCC(=O)O)C(=O)O)cc3)c[nH]c2n1. The fraction of sp³-hybridized carbons (Fsp3) is 0.318. The molecule has 0 spiro atoms. The van der Waals surface area contributed by atoms with E-state index in [1.54, 1.807) is 37.4 Å². The van der Waals surface area contributed by atoms with Gasteiger partial charge in [-0.15, -0.1) is 0 Å². The van der Waals surface area contributed by atoms with Gasteiger partial charge >= 0.3 is 11.9 Å². The van der Waals surface area contributed by atoms with Gasteiger partial charge in [-0.1, -0.05) is 12.1 Å². The van der Waals surface area contributed by atoms with E-state index >= 15 is 0 Å². The number of rotatable bonds is 10. The maximum atomic E-state index is 12.5. The van der Waals surface area contributed by atoms with Gasteiger partial charge in [0.15, 0.2) is 0 Å². The number of benzene rings is 1. The summed E-state index contributed by atoms with van der Waals surface area (Å²) in [4.78, 5) is 45.9. The lowest BCUT2D eigenvalue weighted by Gasteiger charge is -2.17. The van der Waals surface area contributed by atoms with Gasteiger partial charge in [-0.2, -0.15) is 4.98 Å². The van der Waals surface area contributed by atoms with Crippen molar-refractivity contribution in [3.05, 3.63) is 53.0 Å². The molecule has 0 saturated heterocycles. The molecule has 2 atom stereocenters. The molecular weight excluding hydrogens is 430 g/mol. The topological polar surface area (TPSA) is 192 Å². The first-order chi connectivity index (χ1) is 15.7. The van der Waals surface area contributed by atoms with Crippen LogP contribution >= 0.6 is 0 Å². The first-order valence-corrected chi connectivity index (χ1v) is 10.3. The molecule has 0 aliphatic heterocycles. The van der Waals surface area contributed by atoms with E-state index < -0.39 is 23.9 Å². The van der Waals surface area contributed by atoms with Crippen LogP contribution in [0.2, 0.25) is 0 Å². The first kappa shape index (κ1) is 23.7. The second-order valence-electron chi connectivity index (χ2n) is 7.61. The zero-order chi connectivity index (χ0) is 24.1. The van der Waals surface area contributed by atoms with Crippen molar-refractivity contribution in [2.24, 2.45) is 5.73 Å². The lowest BCUT2D eigenvalue weighted by atomic mass is 9.88. The Labute approximate surface area is 188 Å². The molecule has 1 unspecified atom stereocenters. The molecule has 7 N–H and O–H groups in total. The molecule has 0 saturated carbocycles. The molecule has 2 aromatic heterocycles. The highest BCUT2D eigenvalue weighted by Gasteiger charge is 2.23. The molecule has 1 amide bonds. The van der Waals surface area contributed by atoms with E-state index in [9.17, 15) is 24.6 Å². The van der Waals surface area contributed by atoms with Gasteiger partial charge < -0.3 is 31.4 Å². The highest BCUT2D eigenvalue weighted by Crippen LogP contribution is 2.36. The Bertz CT molecular complexity index is 1170. The summed E-state index contributed by atoms with van der Waals surface area (Å²) in [7, 11) is 0. The molecule has 0 aliphatic carbocycles. The molecule has 0 fully saturated rings. The summed E-state index contributed by atoms with van der Waals surface area (Å²) >= 11 is 0. The smallest absolute Gasteiger partial charge is 0.326 e. The number of H-pyrrole nitrogens is 1. The van der Waals surface area contributed by atoms with Crippen LogP contribution in [-0.2, 0) is 9.59 Å². The number of hydrogen-bond acceptors (Lipinski definition) is 7. The predicted octanol–water partition coefficient (Wildman–Crippen LogP) is 1.50. The maximum Gasteiger partial charge on any atom is 0.326 e. The number of amides is 1. The van der Waals surface area contributed by atoms with E-state index in [2.05, 4.69) is 20.3 Å². The number of aryl methyl sites for hydroxylation is 1. The number of hydrogen-bond donors (Lipinski definition) is 6.